The lowest BCUT2D eigenvalue weighted by Gasteiger charge is -2.13. The van der Waals surface area contributed by atoms with Crippen LogP contribution >= 0.6 is 24.0 Å². The minimum absolute atomic E-state index is 0. The van der Waals surface area contributed by atoms with Crippen molar-refractivity contribution < 1.29 is 4.79 Å². The molecule has 1 amide bonds. The fraction of sp³-hybridized carbons (Fsp3) is 0.857. The molecule has 120 valence electrons. The molecule has 5 nitrogen and oxygen atoms in total. The molecule has 0 aromatic rings. The Morgan fingerprint density at radius 3 is 2.05 bits per heavy atom. The second kappa shape index (κ2) is 14.9. The number of guanidine groups is 1. The van der Waals surface area contributed by atoms with Crippen molar-refractivity contribution in [2.24, 2.45) is 4.99 Å². The first-order chi connectivity index (χ1) is 9.11. The van der Waals surface area contributed by atoms with E-state index in [2.05, 4.69) is 29.5 Å². The van der Waals surface area contributed by atoms with Crippen LogP contribution in [0.3, 0.4) is 0 Å². The summed E-state index contributed by atoms with van der Waals surface area (Å²) in [7, 11) is 3.49. The summed E-state index contributed by atoms with van der Waals surface area (Å²) in [4.78, 5) is 17.4. The van der Waals surface area contributed by atoms with Gasteiger partial charge >= 0.3 is 0 Å². The molecule has 0 bridgehead atoms. The van der Waals surface area contributed by atoms with Crippen molar-refractivity contribution in [1.29, 1.82) is 0 Å². The van der Waals surface area contributed by atoms with E-state index in [0.717, 1.165) is 38.3 Å². The predicted octanol–water partition coefficient (Wildman–Crippen LogP) is 2.22. The van der Waals surface area contributed by atoms with Gasteiger partial charge in [-0.1, -0.05) is 33.1 Å². The Morgan fingerprint density at radius 2 is 1.55 bits per heavy atom. The summed E-state index contributed by atoms with van der Waals surface area (Å²) in [5.74, 6) is 0.768. The number of hydrogen-bond donors (Lipinski definition) is 2. The highest BCUT2D eigenvalue weighted by Gasteiger charge is 2.03. The molecule has 0 unspecified atom stereocenters. The molecule has 0 aromatic carbocycles. The summed E-state index contributed by atoms with van der Waals surface area (Å²) in [6, 6.07) is 0. The molecule has 0 aliphatic heterocycles. The van der Waals surface area contributed by atoms with Crippen LogP contribution in [0, 0.1) is 0 Å². The van der Waals surface area contributed by atoms with Gasteiger partial charge in [0, 0.05) is 27.2 Å². The molecule has 6 heteroatoms. The normalized spacial score (nSPS) is 10.7. The van der Waals surface area contributed by atoms with E-state index < -0.39 is 0 Å². The van der Waals surface area contributed by atoms with Crippen molar-refractivity contribution in [3.63, 3.8) is 0 Å². The van der Waals surface area contributed by atoms with E-state index in [9.17, 15) is 4.79 Å². The Hall–Kier alpha value is -0.530. The minimum atomic E-state index is 0. The largest absolute Gasteiger partial charge is 0.356 e. The van der Waals surface area contributed by atoms with Crippen molar-refractivity contribution in [2.45, 2.75) is 46.0 Å². The van der Waals surface area contributed by atoms with Gasteiger partial charge in [-0.05, 0) is 12.8 Å². The topological polar surface area (TPSA) is 56.7 Å². The van der Waals surface area contributed by atoms with Crippen LogP contribution in [0.1, 0.15) is 46.0 Å². The second-order valence-corrected chi connectivity index (χ2v) is 4.87. The number of nitrogens with zero attached hydrogens (tertiary/aromatic N) is 2. The molecular weight excluding hydrogens is 367 g/mol. The Labute approximate surface area is 141 Å². The van der Waals surface area contributed by atoms with Gasteiger partial charge in [0.25, 0.3) is 0 Å². The maximum Gasteiger partial charge on any atom is 0.243 e. The number of carbonyl (C=O) groups excluding carboxylic acids is 1. The van der Waals surface area contributed by atoms with E-state index >= 15 is 0 Å². The molecule has 0 radical (unpaired) electrons. The quantitative estimate of drug-likeness (QED) is 0.271. The van der Waals surface area contributed by atoms with E-state index in [1.165, 1.54) is 12.8 Å². The SMILES string of the molecule is CCCCCNC(=NCC(=O)N(C)C)NCCCC.I. The van der Waals surface area contributed by atoms with Crippen LogP contribution in [0.4, 0.5) is 0 Å². The Morgan fingerprint density at radius 1 is 1.00 bits per heavy atom. The van der Waals surface area contributed by atoms with Gasteiger partial charge in [0.2, 0.25) is 5.91 Å². The van der Waals surface area contributed by atoms with E-state index in [4.69, 9.17) is 0 Å². The number of aliphatic imine (C=N–C) groups is 1. The second-order valence-electron chi connectivity index (χ2n) is 4.87. The van der Waals surface area contributed by atoms with E-state index in [1.54, 1.807) is 19.0 Å². The lowest BCUT2D eigenvalue weighted by atomic mass is 10.2. The highest BCUT2D eigenvalue weighted by atomic mass is 127. The Bertz CT molecular complexity index is 270. The predicted molar refractivity (Wildman–Crippen MR) is 96.8 cm³/mol. The van der Waals surface area contributed by atoms with Crippen LogP contribution in [0.5, 0.6) is 0 Å². The third kappa shape index (κ3) is 12.5. The average molecular weight is 398 g/mol. The molecular formula is C14H31IN4O. The third-order valence-corrected chi connectivity index (χ3v) is 2.77. The van der Waals surface area contributed by atoms with Crippen molar-refractivity contribution in [2.75, 3.05) is 33.7 Å². The third-order valence-electron chi connectivity index (χ3n) is 2.77. The molecule has 0 rings (SSSR count). The summed E-state index contributed by atoms with van der Waals surface area (Å²) in [5.41, 5.74) is 0. The minimum Gasteiger partial charge on any atom is -0.356 e. The van der Waals surface area contributed by atoms with E-state index in [-0.39, 0.29) is 36.4 Å². The lowest BCUT2D eigenvalue weighted by Crippen LogP contribution is -2.39. The number of hydrogen-bond acceptors (Lipinski definition) is 2. The highest BCUT2D eigenvalue weighted by molar-refractivity contribution is 14.0. The zero-order chi connectivity index (χ0) is 14.5. The van der Waals surface area contributed by atoms with E-state index in [1.807, 2.05) is 0 Å². The zero-order valence-corrected chi connectivity index (χ0v) is 15.7. The van der Waals surface area contributed by atoms with Crippen LogP contribution in [0.25, 0.3) is 0 Å². The van der Waals surface area contributed by atoms with Gasteiger partial charge in [0.1, 0.15) is 6.54 Å². The molecule has 0 saturated carbocycles. The number of unbranched alkanes of at least 4 members (excludes halogenated alkanes) is 3. The van der Waals surface area contributed by atoms with Crippen molar-refractivity contribution in [1.82, 2.24) is 15.5 Å². The fourth-order valence-corrected chi connectivity index (χ4v) is 1.43. The van der Waals surface area contributed by atoms with Crippen LogP contribution in [0.2, 0.25) is 0 Å². The first kappa shape index (κ1) is 21.8. The Balaban J connectivity index is 0. The molecule has 0 heterocycles. The summed E-state index contributed by atoms with van der Waals surface area (Å²) < 4.78 is 0. The van der Waals surface area contributed by atoms with Crippen LogP contribution in [-0.4, -0.2) is 50.5 Å². The van der Waals surface area contributed by atoms with Gasteiger partial charge < -0.3 is 15.5 Å². The molecule has 0 spiro atoms. The number of rotatable bonds is 9. The Kier molecular flexibility index (Phi) is 16.2. The van der Waals surface area contributed by atoms with Gasteiger partial charge in [0.05, 0.1) is 0 Å². The number of nitrogens with one attached hydrogen (secondary N) is 2. The molecule has 0 aromatic heterocycles. The van der Waals surface area contributed by atoms with Crippen LogP contribution < -0.4 is 10.6 Å². The number of likely N-dealkylation sites (N-methyl/N-ethyl adjacent to an activating group) is 1. The van der Waals surface area contributed by atoms with Crippen molar-refractivity contribution >= 4 is 35.8 Å². The summed E-state index contributed by atoms with van der Waals surface area (Å²) in [6.45, 7) is 6.34. The molecule has 0 aliphatic rings. The first-order valence-corrected chi connectivity index (χ1v) is 7.34. The lowest BCUT2D eigenvalue weighted by molar-refractivity contribution is -0.127. The molecule has 20 heavy (non-hydrogen) atoms. The zero-order valence-electron chi connectivity index (χ0n) is 13.4. The monoisotopic (exact) mass is 398 g/mol. The molecule has 0 atom stereocenters. The highest BCUT2D eigenvalue weighted by Crippen LogP contribution is 1.91. The molecule has 0 aliphatic carbocycles. The first-order valence-electron chi connectivity index (χ1n) is 7.34. The summed E-state index contributed by atoms with van der Waals surface area (Å²) >= 11 is 0. The van der Waals surface area contributed by atoms with Gasteiger partial charge in [-0.3, -0.25) is 4.79 Å². The molecule has 2 N–H and O–H groups in total. The van der Waals surface area contributed by atoms with Gasteiger partial charge in [0.15, 0.2) is 5.96 Å². The van der Waals surface area contributed by atoms with Crippen LogP contribution in [-0.2, 0) is 4.79 Å². The summed E-state index contributed by atoms with van der Waals surface area (Å²) in [6.07, 6.45) is 5.80. The standard InChI is InChI=1S/C14H30N4O.HI/c1-5-7-9-11-16-14(15-10-8-6-2)17-12-13(19)18(3)4;/h5-12H2,1-4H3,(H2,15,16,17);1H. The number of amides is 1. The smallest absolute Gasteiger partial charge is 0.243 e. The van der Waals surface area contributed by atoms with Crippen LogP contribution in [0.15, 0.2) is 4.99 Å². The fourth-order valence-electron chi connectivity index (χ4n) is 1.43. The number of carbonyl (C=O) groups is 1. The molecule has 0 fully saturated rings. The maximum absolute atomic E-state index is 11.5. The van der Waals surface area contributed by atoms with Crippen molar-refractivity contribution in [3.8, 4) is 0 Å². The van der Waals surface area contributed by atoms with Crippen molar-refractivity contribution in [3.05, 3.63) is 0 Å². The maximum atomic E-state index is 11.5. The molecule has 0 saturated heterocycles. The van der Waals surface area contributed by atoms with E-state index in [0.29, 0.717) is 0 Å². The number of halogens is 1. The summed E-state index contributed by atoms with van der Waals surface area (Å²) in [5, 5.41) is 6.54. The van der Waals surface area contributed by atoms with Gasteiger partial charge in [-0.2, -0.15) is 0 Å². The van der Waals surface area contributed by atoms with Gasteiger partial charge in [-0.15, -0.1) is 24.0 Å². The van der Waals surface area contributed by atoms with Gasteiger partial charge in [-0.25, -0.2) is 4.99 Å². The average Bonchev–Trinajstić information content (AvgIpc) is 2.39.